The van der Waals surface area contributed by atoms with E-state index in [0.717, 1.165) is 36.9 Å². The monoisotopic (exact) mass is 355 g/mol. The number of likely N-dealkylation sites (N-methyl/N-ethyl adjacent to an activating group) is 1. The van der Waals surface area contributed by atoms with Gasteiger partial charge in [0.05, 0.1) is 0 Å². The Morgan fingerprint density at radius 1 is 1.38 bits per heavy atom. The second kappa shape index (κ2) is 7.99. The second-order valence-electron chi connectivity index (χ2n) is 7.67. The number of aromatic nitrogens is 3. The van der Waals surface area contributed by atoms with Crippen LogP contribution in [0.5, 0.6) is 0 Å². The SMILES string of the molecule is CC(C)CN(C)C1CCc2c(c(C(=O)NCc3ccncc3)nn2C)C1. The molecule has 2 aromatic heterocycles. The van der Waals surface area contributed by atoms with Crippen molar-refractivity contribution < 1.29 is 4.79 Å². The van der Waals surface area contributed by atoms with Crippen molar-refractivity contribution in [1.82, 2.24) is 25.0 Å². The molecule has 6 nitrogen and oxygen atoms in total. The number of nitrogens with zero attached hydrogens (tertiary/aromatic N) is 4. The van der Waals surface area contributed by atoms with Crippen LogP contribution in [0.15, 0.2) is 24.5 Å². The van der Waals surface area contributed by atoms with E-state index in [1.807, 2.05) is 23.9 Å². The van der Waals surface area contributed by atoms with E-state index in [0.29, 0.717) is 24.2 Å². The lowest BCUT2D eigenvalue weighted by molar-refractivity contribution is 0.0943. The number of hydrogen-bond donors (Lipinski definition) is 1. The predicted octanol–water partition coefficient (Wildman–Crippen LogP) is 2.19. The molecule has 0 fully saturated rings. The molecule has 6 heteroatoms. The second-order valence-corrected chi connectivity index (χ2v) is 7.67. The number of amides is 1. The van der Waals surface area contributed by atoms with Crippen molar-refractivity contribution >= 4 is 5.91 Å². The third kappa shape index (κ3) is 4.12. The lowest BCUT2D eigenvalue weighted by Crippen LogP contribution is -2.39. The van der Waals surface area contributed by atoms with E-state index in [1.165, 1.54) is 5.69 Å². The highest BCUT2D eigenvalue weighted by molar-refractivity contribution is 5.94. The molecular weight excluding hydrogens is 326 g/mol. The zero-order valence-electron chi connectivity index (χ0n) is 16.2. The van der Waals surface area contributed by atoms with Gasteiger partial charge in [-0.2, -0.15) is 5.10 Å². The van der Waals surface area contributed by atoms with Gasteiger partial charge in [-0.1, -0.05) is 13.8 Å². The molecule has 2 aromatic rings. The van der Waals surface area contributed by atoms with Gasteiger partial charge < -0.3 is 10.2 Å². The van der Waals surface area contributed by atoms with Gasteiger partial charge in [-0.3, -0.25) is 14.5 Å². The van der Waals surface area contributed by atoms with Crippen molar-refractivity contribution in [3.05, 3.63) is 47.0 Å². The molecule has 1 atom stereocenters. The minimum atomic E-state index is -0.0918. The first-order valence-corrected chi connectivity index (χ1v) is 9.37. The minimum absolute atomic E-state index is 0.0918. The summed E-state index contributed by atoms with van der Waals surface area (Å²) in [5.41, 5.74) is 3.94. The maximum absolute atomic E-state index is 12.7. The maximum atomic E-state index is 12.7. The fourth-order valence-electron chi connectivity index (χ4n) is 3.82. The highest BCUT2D eigenvalue weighted by atomic mass is 16.1. The Kier molecular flexibility index (Phi) is 5.71. The molecule has 1 N–H and O–H groups in total. The van der Waals surface area contributed by atoms with Crippen LogP contribution in [-0.4, -0.2) is 45.2 Å². The molecule has 0 saturated carbocycles. The van der Waals surface area contributed by atoms with Crippen LogP contribution in [0.25, 0.3) is 0 Å². The number of carbonyl (C=O) groups is 1. The lowest BCUT2D eigenvalue weighted by Gasteiger charge is -2.32. The van der Waals surface area contributed by atoms with Gasteiger partial charge in [0, 0.05) is 49.8 Å². The molecule has 0 aromatic carbocycles. The van der Waals surface area contributed by atoms with Crippen LogP contribution in [0.4, 0.5) is 0 Å². The fourth-order valence-corrected chi connectivity index (χ4v) is 3.82. The summed E-state index contributed by atoms with van der Waals surface area (Å²) in [5.74, 6) is 0.546. The van der Waals surface area contributed by atoms with E-state index in [-0.39, 0.29) is 5.91 Å². The van der Waals surface area contributed by atoms with Gasteiger partial charge >= 0.3 is 0 Å². The van der Waals surface area contributed by atoms with E-state index in [2.05, 4.69) is 41.2 Å². The fraction of sp³-hybridized carbons (Fsp3) is 0.550. The Morgan fingerprint density at radius 3 is 2.81 bits per heavy atom. The largest absolute Gasteiger partial charge is 0.347 e. The third-order valence-corrected chi connectivity index (χ3v) is 5.12. The number of carbonyl (C=O) groups excluding carboxylic acids is 1. The molecule has 0 bridgehead atoms. The van der Waals surface area contributed by atoms with Crippen LogP contribution in [0.2, 0.25) is 0 Å². The molecule has 1 amide bonds. The molecule has 0 saturated heterocycles. The van der Waals surface area contributed by atoms with Gasteiger partial charge in [-0.15, -0.1) is 0 Å². The standard InChI is InChI=1S/C20H29N5O/c1-14(2)13-24(3)16-5-6-18-17(11-16)19(23-25(18)4)20(26)22-12-15-7-9-21-10-8-15/h7-10,14,16H,5-6,11-13H2,1-4H3,(H,22,26). The van der Waals surface area contributed by atoms with E-state index in [9.17, 15) is 4.79 Å². The third-order valence-electron chi connectivity index (χ3n) is 5.12. The molecule has 0 spiro atoms. The topological polar surface area (TPSA) is 63.1 Å². The Labute approximate surface area is 155 Å². The van der Waals surface area contributed by atoms with Gasteiger partial charge in [-0.25, -0.2) is 0 Å². The van der Waals surface area contributed by atoms with E-state index in [1.54, 1.807) is 12.4 Å². The first-order chi connectivity index (χ1) is 12.5. The average molecular weight is 355 g/mol. The molecule has 26 heavy (non-hydrogen) atoms. The molecule has 0 aliphatic heterocycles. The summed E-state index contributed by atoms with van der Waals surface area (Å²) in [5, 5.41) is 7.53. The summed E-state index contributed by atoms with van der Waals surface area (Å²) >= 11 is 0. The number of pyridine rings is 1. The number of nitrogens with one attached hydrogen (secondary N) is 1. The summed E-state index contributed by atoms with van der Waals surface area (Å²) in [6.45, 7) is 6.05. The maximum Gasteiger partial charge on any atom is 0.272 e. The van der Waals surface area contributed by atoms with Crippen LogP contribution in [-0.2, 0) is 26.4 Å². The van der Waals surface area contributed by atoms with E-state index in [4.69, 9.17) is 0 Å². The Bertz CT molecular complexity index is 753. The van der Waals surface area contributed by atoms with Gasteiger partial charge in [0.15, 0.2) is 5.69 Å². The summed E-state index contributed by atoms with van der Waals surface area (Å²) in [7, 11) is 4.13. The molecule has 1 unspecified atom stereocenters. The van der Waals surface area contributed by atoms with E-state index >= 15 is 0 Å². The van der Waals surface area contributed by atoms with Gasteiger partial charge in [-0.05, 0) is 49.9 Å². The average Bonchev–Trinajstić information content (AvgIpc) is 2.96. The zero-order valence-corrected chi connectivity index (χ0v) is 16.2. The Morgan fingerprint density at radius 2 is 2.12 bits per heavy atom. The number of fused-ring (bicyclic) bond motifs is 1. The van der Waals surface area contributed by atoms with Gasteiger partial charge in [0.25, 0.3) is 5.91 Å². The van der Waals surface area contributed by atoms with Crippen molar-refractivity contribution in [1.29, 1.82) is 0 Å². The lowest BCUT2D eigenvalue weighted by atomic mass is 9.90. The molecule has 3 rings (SSSR count). The van der Waals surface area contributed by atoms with Crippen LogP contribution in [0.3, 0.4) is 0 Å². The summed E-state index contributed by atoms with van der Waals surface area (Å²) in [6.07, 6.45) is 6.46. The minimum Gasteiger partial charge on any atom is -0.347 e. The molecule has 0 radical (unpaired) electrons. The number of rotatable bonds is 6. The molecule has 140 valence electrons. The van der Waals surface area contributed by atoms with Gasteiger partial charge in [0.1, 0.15) is 0 Å². The van der Waals surface area contributed by atoms with E-state index < -0.39 is 0 Å². The Hall–Kier alpha value is -2.21. The number of hydrogen-bond acceptors (Lipinski definition) is 4. The van der Waals surface area contributed by atoms with Crippen molar-refractivity contribution in [2.24, 2.45) is 13.0 Å². The normalized spacial score (nSPS) is 16.8. The molecule has 2 heterocycles. The van der Waals surface area contributed by atoms with Crippen LogP contribution >= 0.6 is 0 Å². The summed E-state index contributed by atoms with van der Waals surface area (Å²) in [4.78, 5) is 19.2. The summed E-state index contributed by atoms with van der Waals surface area (Å²) < 4.78 is 1.88. The Balaban J connectivity index is 1.72. The van der Waals surface area contributed by atoms with Crippen LogP contribution < -0.4 is 5.32 Å². The highest BCUT2D eigenvalue weighted by Gasteiger charge is 2.30. The summed E-state index contributed by atoms with van der Waals surface area (Å²) in [6, 6.07) is 4.29. The van der Waals surface area contributed by atoms with Gasteiger partial charge in [0.2, 0.25) is 0 Å². The molecule has 1 aliphatic rings. The van der Waals surface area contributed by atoms with Crippen LogP contribution in [0.1, 0.15) is 47.6 Å². The van der Waals surface area contributed by atoms with Crippen LogP contribution in [0, 0.1) is 5.92 Å². The molecular formula is C20H29N5O. The first-order valence-electron chi connectivity index (χ1n) is 9.37. The predicted molar refractivity (Wildman–Crippen MR) is 102 cm³/mol. The smallest absolute Gasteiger partial charge is 0.272 e. The quantitative estimate of drug-likeness (QED) is 0.863. The molecule has 1 aliphatic carbocycles. The van der Waals surface area contributed by atoms with Crippen molar-refractivity contribution in [3.8, 4) is 0 Å². The van der Waals surface area contributed by atoms with Crippen molar-refractivity contribution in [3.63, 3.8) is 0 Å². The first kappa shape index (κ1) is 18.6. The number of aryl methyl sites for hydroxylation is 1. The zero-order chi connectivity index (χ0) is 18.7. The van der Waals surface area contributed by atoms with Crippen molar-refractivity contribution in [2.75, 3.05) is 13.6 Å². The van der Waals surface area contributed by atoms with Crippen molar-refractivity contribution in [2.45, 2.75) is 45.7 Å². The highest BCUT2D eigenvalue weighted by Crippen LogP contribution is 2.27.